The van der Waals surface area contributed by atoms with Gasteiger partial charge in [-0.15, -0.1) is 0 Å². The molecule has 0 unspecified atom stereocenters. The van der Waals surface area contributed by atoms with Gasteiger partial charge in [-0.25, -0.2) is 0 Å². The van der Waals surface area contributed by atoms with Gasteiger partial charge in [0, 0.05) is 19.1 Å². The average Bonchev–Trinajstić information content (AvgIpc) is 2.10. The topological polar surface area (TPSA) is 65.1 Å². The summed E-state index contributed by atoms with van der Waals surface area (Å²) >= 11 is 0. The van der Waals surface area contributed by atoms with Gasteiger partial charge >= 0.3 is 0 Å². The first kappa shape index (κ1) is 13.2. The van der Waals surface area contributed by atoms with Crippen molar-refractivity contribution < 1.29 is 5.21 Å². The Hall–Kier alpha value is -0.810. The first-order valence-electron chi connectivity index (χ1n) is 4.82. The molecule has 5 heteroatoms. The van der Waals surface area contributed by atoms with Crippen LogP contribution in [-0.2, 0) is 0 Å². The van der Waals surface area contributed by atoms with Gasteiger partial charge in [-0.05, 0) is 27.9 Å². The molecule has 0 aliphatic carbocycles. The molecule has 0 aliphatic rings. The maximum Gasteiger partial charge on any atom is 0.153 e. The summed E-state index contributed by atoms with van der Waals surface area (Å²) in [6.45, 7) is 6.60. The van der Waals surface area contributed by atoms with Crippen molar-refractivity contribution in [1.29, 1.82) is 0 Å². The van der Waals surface area contributed by atoms with Gasteiger partial charge in [0.25, 0.3) is 0 Å². The third kappa shape index (κ3) is 5.77. The van der Waals surface area contributed by atoms with E-state index in [0.717, 1.165) is 13.1 Å². The summed E-state index contributed by atoms with van der Waals surface area (Å²) in [5, 5.41) is 11.4. The van der Waals surface area contributed by atoms with Crippen molar-refractivity contribution in [2.75, 3.05) is 33.7 Å². The molecule has 0 atom stereocenters. The summed E-state index contributed by atoms with van der Waals surface area (Å²) in [5.41, 5.74) is 5.46. The van der Waals surface area contributed by atoms with E-state index in [1.54, 1.807) is 0 Å². The van der Waals surface area contributed by atoms with Crippen LogP contribution in [-0.4, -0.2) is 60.6 Å². The van der Waals surface area contributed by atoms with Gasteiger partial charge in [-0.1, -0.05) is 5.16 Å². The van der Waals surface area contributed by atoms with Gasteiger partial charge in [-0.2, -0.15) is 0 Å². The first-order valence-corrected chi connectivity index (χ1v) is 4.82. The number of nitrogens with zero attached hydrogens (tertiary/aromatic N) is 3. The highest BCUT2D eigenvalue weighted by atomic mass is 16.4. The van der Waals surface area contributed by atoms with Crippen LogP contribution in [0.15, 0.2) is 5.16 Å². The molecule has 0 fully saturated rings. The van der Waals surface area contributed by atoms with E-state index in [2.05, 4.69) is 28.8 Å². The lowest BCUT2D eigenvalue weighted by atomic mass is 10.3. The number of hydrogen-bond acceptors (Lipinski definition) is 4. The lowest BCUT2D eigenvalue weighted by Crippen LogP contribution is -2.42. The lowest BCUT2D eigenvalue weighted by molar-refractivity contribution is 0.221. The summed E-state index contributed by atoms with van der Waals surface area (Å²) in [6, 6.07) is 0.398. The third-order valence-corrected chi connectivity index (χ3v) is 2.06. The maximum absolute atomic E-state index is 8.47. The summed E-state index contributed by atoms with van der Waals surface area (Å²) < 4.78 is 0. The van der Waals surface area contributed by atoms with Crippen LogP contribution in [0.2, 0.25) is 0 Å². The van der Waals surface area contributed by atoms with Crippen molar-refractivity contribution >= 4 is 5.84 Å². The number of nitrogens with two attached hydrogens (primary N) is 1. The number of likely N-dealkylation sites (N-methyl/N-ethyl adjacent to an activating group) is 1. The number of amidine groups is 1. The molecule has 0 amide bonds. The molecule has 0 aromatic carbocycles. The molecule has 3 N–H and O–H groups in total. The predicted octanol–water partition coefficient (Wildman–Crippen LogP) is 0.00480. The fourth-order valence-corrected chi connectivity index (χ4v) is 1.09. The molecule has 0 bridgehead atoms. The molecule has 84 valence electrons. The highest BCUT2D eigenvalue weighted by Gasteiger charge is 2.11. The van der Waals surface area contributed by atoms with Gasteiger partial charge in [0.1, 0.15) is 0 Å². The molecule has 0 radical (unpaired) electrons. The highest BCUT2D eigenvalue weighted by molar-refractivity contribution is 5.81. The molecule has 0 heterocycles. The predicted molar refractivity (Wildman–Crippen MR) is 58.7 cm³/mol. The molecule has 0 rings (SSSR count). The Balaban J connectivity index is 4.03. The quantitative estimate of drug-likeness (QED) is 0.275. The number of oxime groups is 1. The first-order chi connectivity index (χ1) is 6.47. The molecule has 0 saturated carbocycles. The van der Waals surface area contributed by atoms with Crippen LogP contribution < -0.4 is 5.73 Å². The standard InChI is InChI=1S/C9H22N4O/c1-8(2)13(6-5-12(3)4)7-9(10)11-14/h8,14H,5-7H2,1-4H3,(H2,10,11). The Bertz CT molecular complexity index is 180. The second-order valence-corrected chi connectivity index (χ2v) is 3.96. The average molecular weight is 202 g/mol. The minimum Gasteiger partial charge on any atom is -0.409 e. The van der Waals surface area contributed by atoms with Crippen LogP contribution in [0, 0.1) is 0 Å². The largest absolute Gasteiger partial charge is 0.409 e. The van der Waals surface area contributed by atoms with Gasteiger partial charge < -0.3 is 15.8 Å². The Morgan fingerprint density at radius 2 is 1.93 bits per heavy atom. The number of hydrogen-bond donors (Lipinski definition) is 2. The van der Waals surface area contributed by atoms with E-state index < -0.39 is 0 Å². The zero-order chi connectivity index (χ0) is 11.1. The molecular weight excluding hydrogens is 180 g/mol. The van der Waals surface area contributed by atoms with Crippen LogP contribution in [0.3, 0.4) is 0 Å². The molecule has 0 saturated heterocycles. The Morgan fingerprint density at radius 3 is 2.29 bits per heavy atom. The van der Waals surface area contributed by atoms with Crippen LogP contribution in [0.4, 0.5) is 0 Å². The minimum atomic E-state index is 0.262. The summed E-state index contributed by atoms with van der Waals surface area (Å²) in [5.74, 6) is 0.262. The van der Waals surface area contributed by atoms with Crippen molar-refractivity contribution in [3.8, 4) is 0 Å². The molecule has 0 aliphatic heterocycles. The zero-order valence-electron chi connectivity index (χ0n) is 9.56. The van der Waals surface area contributed by atoms with Crippen molar-refractivity contribution in [3.05, 3.63) is 0 Å². The maximum atomic E-state index is 8.47. The van der Waals surface area contributed by atoms with Gasteiger partial charge in [0.15, 0.2) is 5.84 Å². The molecule has 14 heavy (non-hydrogen) atoms. The van der Waals surface area contributed by atoms with Crippen LogP contribution >= 0.6 is 0 Å². The molecule has 0 aromatic heterocycles. The lowest BCUT2D eigenvalue weighted by Gasteiger charge is -2.26. The Kier molecular flexibility index (Phi) is 6.23. The monoisotopic (exact) mass is 202 g/mol. The third-order valence-electron chi connectivity index (χ3n) is 2.06. The van der Waals surface area contributed by atoms with Crippen molar-refractivity contribution in [2.45, 2.75) is 19.9 Å². The number of rotatable bonds is 6. The fraction of sp³-hybridized carbons (Fsp3) is 0.889. The van der Waals surface area contributed by atoms with Gasteiger partial charge in [0.05, 0.1) is 6.54 Å². The van der Waals surface area contributed by atoms with E-state index in [4.69, 9.17) is 10.9 Å². The van der Waals surface area contributed by atoms with E-state index in [9.17, 15) is 0 Å². The van der Waals surface area contributed by atoms with E-state index in [-0.39, 0.29) is 5.84 Å². The smallest absolute Gasteiger partial charge is 0.153 e. The SMILES string of the molecule is CC(C)N(CCN(C)C)CC(N)=NO. The fourth-order valence-electron chi connectivity index (χ4n) is 1.09. The van der Waals surface area contributed by atoms with Crippen molar-refractivity contribution in [1.82, 2.24) is 9.80 Å². The second-order valence-electron chi connectivity index (χ2n) is 3.96. The van der Waals surface area contributed by atoms with Crippen molar-refractivity contribution in [2.24, 2.45) is 10.9 Å². The van der Waals surface area contributed by atoms with E-state index >= 15 is 0 Å². The molecule has 0 spiro atoms. The van der Waals surface area contributed by atoms with Gasteiger partial charge in [-0.3, -0.25) is 4.90 Å². The molecule has 0 aromatic rings. The van der Waals surface area contributed by atoms with E-state index in [1.807, 2.05) is 14.1 Å². The van der Waals surface area contributed by atoms with Crippen LogP contribution in [0.1, 0.15) is 13.8 Å². The highest BCUT2D eigenvalue weighted by Crippen LogP contribution is 1.97. The van der Waals surface area contributed by atoms with E-state index in [0.29, 0.717) is 12.6 Å². The molecular formula is C9H22N4O. The van der Waals surface area contributed by atoms with Gasteiger partial charge in [0.2, 0.25) is 0 Å². The second kappa shape index (κ2) is 6.62. The normalized spacial score (nSPS) is 13.2. The summed E-state index contributed by atoms with van der Waals surface area (Å²) in [7, 11) is 4.06. The Labute approximate surface area is 86.2 Å². The van der Waals surface area contributed by atoms with Crippen molar-refractivity contribution in [3.63, 3.8) is 0 Å². The van der Waals surface area contributed by atoms with Crippen LogP contribution in [0.25, 0.3) is 0 Å². The molecule has 5 nitrogen and oxygen atoms in total. The summed E-state index contributed by atoms with van der Waals surface area (Å²) in [6.07, 6.45) is 0. The summed E-state index contributed by atoms with van der Waals surface area (Å²) in [4.78, 5) is 4.27. The van der Waals surface area contributed by atoms with E-state index in [1.165, 1.54) is 0 Å². The van der Waals surface area contributed by atoms with Crippen LogP contribution in [0.5, 0.6) is 0 Å². The Morgan fingerprint density at radius 1 is 1.36 bits per heavy atom. The zero-order valence-corrected chi connectivity index (χ0v) is 9.56. The minimum absolute atomic E-state index is 0.262.